The summed E-state index contributed by atoms with van der Waals surface area (Å²) in [6.45, 7) is 0. The molecule has 0 aliphatic rings. The van der Waals surface area contributed by atoms with Crippen LogP contribution in [0, 0.1) is 0 Å². The van der Waals surface area contributed by atoms with Gasteiger partial charge in [-0.15, -0.1) is 0 Å². The quantitative estimate of drug-likeness (QED) is 0.253. The zero-order valence-electron chi connectivity index (χ0n) is 13.6. The molecule has 2 aromatic rings. The largest absolute Gasteiger partial charge is 0.469 e. The molecule has 0 aliphatic heterocycles. The molecule has 0 amide bonds. The molecule has 0 saturated heterocycles. The van der Waals surface area contributed by atoms with Gasteiger partial charge in [-0.05, 0) is 53.3 Å². The first-order valence-corrected chi connectivity index (χ1v) is 8.42. The Morgan fingerprint density at radius 2 is 1.88 bits per heavy atom. The van der Waals surface area contributed by atoms with Crippen molar-refractivity contribution in [3.05, 3.63) is 80.1 Å². The normalized spacial score (nSPS) is 12.8. The Balaban J connectivity index is 2.43. The van der Waals surface area contributed by atoms with Gasteiger partial charge in [-0.3, -0.25) is 4.79 Å². The zero-order valence-corrected chi connectivity index (χ0v) is 15.1. The van der Waals surface area contributed by atoms with E-state index in [9.17, 15) is 4.79 Å². The Morgan fingerprint density at radius 1 is 1.16 bits per heavy atom. The van der Waals surface area contributed by atoms with Crippen LogP contribution in [0.4, 0.5) is 0 Å². The van der Waals surface area contributed by atoms with Crippen molar-refractivity contribution in [3.8, 4) is 0 Å². The summed E-state index contributed by atoms with van der Waals surface area (Å²) in [5, 5.41) is 5.15. The molecule has 0 bridgehead atoms. The summed E-state index contributed by atoms with van der Waals surface area (Å²) >= 11 is 12.1. The molecule has 0 N–H and O–H groups in total. The Labute approximate surface area is 156 Å². The second-order valence-corrected chi connectivity index (χ2v) is 6.35. The third kappa shape index (κ3) is 5.40. The number of methoxy groups -OCH3 is 1. The van der Waals surface area contributed by atoms with Gasteiger partial charge >= 0.3 is 5.97 Å². The Hall–Kier alpha value is -2.20. The number of carbonyl (C=O) groups excluding carboxylic acids is 1. The van der Waals surface area contributed by atoms with E-state index in [2.05, 4.69) is 10.0 Å². The lowest BCUT2D eigenvalue weighted by molar-refractivity contribution is -0.140. The predicted molar refractivity (Wildman–Crippen MR) is 98.8 cm³/mol. The fraction of sp³-hybridized carbons (Fsp3) is 0.278. The SMILES string of the molecule is COC(=O)CC[C@H](c1cccc(Cl)c1)C(N=[N+]=[N-])c1ccc(Cl)cc1. The molecule has 0 aliphatic carbocycles. The van der Waals surface area contributed by atoms with E-state index in [-0.39, 0.29) is 18.3 Å². The molecule has 7 heteroatoms. The van der Waals surface area contributed by atoms with E-state index in [4.69, 9.17) is 33.5 Å². The van der Waals surface area contributed by atoms with Crippen LogP contribution in [0.3, 0.4) is 0 Å². The average Bonchev–Trinajstić information content (AvgIpc) is 2.61. The fourth-order valence-corrected chi connectivity index (χ4v) is 3.04. The van der Waals surface area contributed by atoms with Gasteiger partial charge in [0.2, 0.25) is 0 Å². The van der Waals surface area contributed by atoms with Gasteiger partial charge in [0.1, 0.15) is 0 Å². The average molecular weight is 378 g/mol. The van der Waals surface area contributed by atoms with Crippen LogP contribution in [0.25, 0.3) is 10.4 Å². The lowest BCUT2D eigenvalue weighted by atomic mass is 9.84. The van der Waals surface area contributed by atoms with Gasteiger partial charge in [-0.25, -0.2) is 0 Å². The number of hydrogen-bond acceptors (Lipinski definition) is 3. The van der Waals surface area contributed by atoms with Crippen LogP contribution in [0.15, 0.2) is 53.6 Å². The highest BCUT2D eigenvalue weighted by atomic mass is 35.5. The smallest absolute Gasteiger partial charge is 0.305 e. The summed E-state index contributed by atoms with van der Waals surface area (Å²) in [4.78, 5) is 14.6. The first-order valence-electron chi connectivity index (χ1n) is 7.67. The fourth-order valence-electron chi connectivity index (χ4n) is 2.71. The third-order valence-electron chi connectivity index (χ3n) is 3.93. The molecule has 2 rings (SSSR count). The second-order valence-electron chi connectivity index (χ2n) is 5.48. The maximum Gasteiger partial charge on any atom is 0.305 e. The first kappa shape index (κ1) is 19.1. The molecule has 0 aromatic heterocycles. The molecule has 0 heterocycles. The van der Waals surface area contributed by atoms with E-state index >= 15 is 0 Å². The van der Waals surface area contributed by atoms with Crippen molar-refractivity contribution in [2.24, 2.45) is 5.11 Å². The minimum Gasteiger partial charge on any atom is -0.469 e. The van der Waals surface area contributed by atoms with Gasteiger partial charge in [0.05, 0.1) is 13.2 Å². The van der Waals surface area contributed by atoms with E-state index < -0.39 is 6.04 Å². The minimum absolute atomic E-state index is 0.207. The standard InChI is InChI=1S/C18H17Cl2N3O2/c1-25-17(24)10-9-16(13-3-2-4-15(20)11-13)18(22-23-21)12-5-7-14(19)8-6-12/h2-8,11,16,18H,9-10H2,1H3/t16-,18?/m1/s1. The highest BCUT2D eigenvalue weighted by Gasteiger charge is 2.25. The van der Waals surface area contributed by atoms with Gasteiger partial charge in [0, 0.05) is 21.4 Å². The van der Waals surface area contributed by atoms with Gasteiger partial charge in [-0.1, -0.05) is 52.6 Å². The predicted octanol–water partition coefficient (Wildman–Crippen LogP) is 6.08. The van der Waals surface area contributed by atoms with Crippen LogP contribution in [0.2, 0.25) is 10.0 Å². The molecule has 25 heavy (non-hydrogen) atoms. The number of nitrogens with zero attached hydrogens (tertiary/aromatic N) is 3. The summed E-state index contributed by atoms with van der Waals surface area (Å²) in [6.07, 6.45) is 0.665. The number of benzene rings is 2. The van der Waals surface area contributed by atoms with Crippen molar-refractivity contribution < 1.29 is 9.53 Å². The third-order valence-corrected chi connectivity index (χ3v) is 4.42. The minimum atomic E-state index is -0.495. The first-order chi connectivity index (χ1) is 12.0. The zero-order chi connectivity index (χ0) is 18.2. The molecule has 2 atom stereocenters. The summed E-state index contributed by atoms with van der Waals surface area (Å²) in [7, 11) is 1.35. The molecule has 0 spiro atoms. The lowest BCUT2D eigenvalue weighted by Gasteiger charge is -2.24. The number of hydrogen-bond donors (Lipinski definition) is 0. The maximum atomic E-state index is 11.6. The maximum absolute atomic E-state index is 11.6. The highest BCUT2D eigenvalue weighted by molar-refractivity contribution is 6.30. The van der Waals surface area contributed by atoms with Crippen LogP contribution < -0.4 is 0 Å². The number of carbonyl (C=O) groups is 1. The Bertz CT molecular complexity index is 774. The van der Waals surface area contributed by atoms with Gasteiger partial charge in [0.15, 0.2) is 0 Å². The molecule has 5 nitrogen and oxygen atoms in total. The number of ether oxygens (including phenoxy) is 1. The number of azide groups is 1. The van der Waals surface area contributed by atoms with Crippen molar-refractivity contribution in [2.75, 3.05) is 7.11 Å². The summed E-state index contributed by atoms with van der Waals surface area (Å²) in [6, 6.07) is 14.0. The number of rotatable bonds is 7. The van der Waals surface area contributed by atoms with Crippen molar-refractivity contribution in [3.63, 3.8) is 0 Å². The number of halogens is 2. The van der Waals surface area contributed by atoms with E-state index in [0.717, 1.165) is 11.1 Å². The van der Waals surface area contributed by atoms with Crippen molar-refractivity contribution in [2.45, 2.75) is 24.8 Å². The molecule has 2 aromatic carbocycles. The molecule has 0 saturated carbocycles. The van der Waals surface area contributed by atoms with E-state index in [1.165, 1.54) is 7.11 Å². The van der Waals surface area contributed by atoms with Crippen LogP contribution >= 0.6 is 23.2 Å². The Morgan fingerprint density at radius 3 is 2.48 bits per heavy atom. The van der Waals surface area contributed by atoms with E-state index in [0.29, 0.717) is 16.5 Å². The molecule has 1 unspecified atom stereocenters. The van der Waals surface area contributed by atoms with Crippen molar-refractivity contribution in [1.29, 1.82) is 0 Å². The molecule has 130 valence electrons. The summed E-state index contributed by atoms with van der Waals surface area (Å²) in [5.41, 5.74) is 10.8. The summed E-state index contributed by atoms with van der Waals surface area (Å²) < 4.78 is 4.74. The van der Waals surface area contributed by atoms with Crippen molar-refractivity contribution >= 4 is 29.2 Å². The van der Waals surface area contributed by atoms with E-state index in [1.54, 1.807) is 18.2 Å². The molecule has 0 radical (unpaired) electrons. The molecule has 0 fully saturated rings. The highest BCUT2D eigenvalue weighted by Crippen LogP contribution is 2.39. The summed E-state index contributed by atoms with van der Waals surface area (Å²) in [5.74, 6) is -0.544. The molecular formula is C18H17Cl2N3O2. The van der Waals surface area contributed by atoms with Crippen molar-refractivity contribution in [1.82, 2.24) is 0 Å². The lowest BCUT2D eigenvalue weighted by Crippen LogP contribution is -2.12. The van der Waals surface area contributed by atoms with Crippen LogP contribution in [0.1, 0.15) is 35.9 Å². The van der Waals surface area contributed by atoms with E-state index in [1.807, 2.05) is 30.3 Å². The number of esters is 1. The monoisotopic (exact) mass is 377 g/mol. The van der Waals surface area contributed by atoms with Crippen LogP contribution in [0.5, 0.6) is 0 Å². The van der Waals surface area contributed by atoms with Gasteiger partial charge in [-0.2, -0.15) is 0 Å². The second kappa shape index (κ2) is 9.33. The van der Waals surface area contributed by atoms with Gasteiger partial charge in [0.25, 0.3) is 0 Å². The van der Waals surface area contributed by atoms with Crippen LogP contribution in [-0.2, 0) is 9.53 Å². The molecular weight excluding hydrogens is 361 g/mol. The Kier molecular flexibility index (Phi) is 7.14. The topological polar surface area (TPSA) is 75.1 Å². The van der Waals surface area contributed by atoms with Gasteiger partial charge < -0.3 is 4.74 Å². The van der Waals surface area contributed by atoms with Crippen LogP contribution in [-0.4, -0.2) is 13.1 Å².